The van der Waals surface area contributed by atoms with Crippen molar-refractivity contribution in [3.05, 3.63) is 57.8 Å². The molecule has 0 fully saturated rings. The van der Waals surface area contributed by atoms with Gasteiger partial charge in [-0.3, -0.25) is 4.79 Å². The van der Waals surface area contributed by atoms with Crippen molar-refractivity contribution in [2.24, 2.45) is 0 Å². The smallest absolute Gasteiger partial charge is 0.203 e. The molecule has 0 aliphatic carbocycles. The van der Waals surface area contributed by atoms with Gasteiger partial charge in [-0.15, -0.1) is 22.7 Å². The quantitative estimate of drug-likeness (QED) is 0.618. The summed E-state index contributed by atoms with van der Waals surface area (Å²) in [6, 6.07) is 11.8. The summed E-state index contributed by atoms with van der Waals surface area (Å²) in [5.41, 5.74) is 1.90. The molecule has 0 bridgehead atoms. The van der Waals surface area contributed by atoms with Gasteiger partial charge in [0.1, 0.15) is 0 Å². The lowest BCUT2D eigenvalue weighted by Crippen LogP contribution is -1.98. The van der Waals surface area contributed by atoms with Crippen LogP contribution in [0.25, 0.3) is 9.40 Å². The number of thiophene rings is 2. The Bertz CT molecular complexity index is 662. The van der Waals surface area contributed by atoms with Crippen LogP contribution in [0.1, 0.15) is 20.8 Å². The Morgan fingerprint density at radius 2 is 2.00 bits per heavy atom. The van der Waals surface area contributed by atoms with Crippen molar-refractivity contribution in [2.75, 3.05) is 0 Å². The zero-order valence-corrected chi connectivity index (χ0v) is 10.9. The van der Waals surface area contributed by atoms with Gasteiger partial charge in [-0.2, -0.15) is 0 Å². The molecule has 84 valence electrons. The predicted molar refractivity (Wildman–Crippen MR) is 74.3 cm³/mol. The van der Waals surface area contributed by atoms with Crippen molar-refractivity contribution in [3.8, 4) is 0 Å². The maximum atomic E-state index is 12.3. The van der Waals surface area contributed by atoms with Crippen LogP contribution >= 0.6 is 22.7 Å². The highest BCUT2D eigenvalue weighted by molar-refractivity contribution is 7.28. The van der Waals surface area contributed by atoms with Gasteiger partial charge in [0.25, 0.3) is 0 Å². The normalized spacial score (nSPS) is 10.9. The van der Waals surface area contributed by atoms with Crippen molar-refractivity contribution in [3.63, 3.8) is 0 Å². The van der Waals surface area contributed by atoms with E-state index in [-0.39, 0.29) is 5.78 Å². The second-order valence-electron chi connectivity index (χ2n) is 3.96. The lowest BCUT2D eigenvalue weighted by molar-refractivity contribution is 0.104. The number of hydrogen-bond donors (Lipinski definition) is 0. The number of hydrogen-bond acceptors (Lipinski definition) is 3. The Kier molecular flexibility index (Phi) is 2.57. The Hall–Kier alpha value is -1.45. The van der Waals surface area contributed by atoms with Crippen LogP contribution in [-0.2, 0) is 0 Å². The largest absolute Gasteiger partial charge is 0.288 e. The van der Waals surface area contributed by atoms with Crippen LogP contribution in [0.15, 0.2) is 41.8 Å². The van der Waals surface area contributed by atoms with Gasteiger partial charge in [0.05, 0.1) is 4.88 Å². The third-order valence-corrected chi connectivity index (χ3v) is 4.74. The molecule has 2 heterocycles. The molecule has 3 rings (SSSR count). The number of aryl methyl sites for hydroxylation is 1. The first-order valence-electron chi connectivity index (χ1n) is 5.32. The maximum absolute atomic E-state index is 12.3. The molecule has 0 spiro atoms. The lowest BCUT2D eigenvalue weighted by atomic mass is 10.1. The van der Waals surface area contributed by atoms with Gasteiger partial charge in [-0.25, -0.2) is 0 Å². The monoisotopic (exact) mass is 258 g/mol. The van der Waals surface area contributed by atoms with Crippen LogP contribution in [0.2, 0.25) is 0 Å². The SMILES string of the molecule is Cc1cccc(C(=O)c2cc3sccc3s2)c1. The maximum Gasteiger partial charge on any atom is 0.203 e. The molecule has 0 aliphatic rings. The number of rotatable bonds is 2. The Morgan fingerprint density at radius 3 is 2.76 bits per heavy atom. The summed E-state index contributed by atoms with van der Waals surface area (Å²) in [5, 5.41) is 2.06. The number of benzene rings is 1. The first kappa shape index (κ1) is 10.7. The molecule has 2 aromatic heterocycles. The van der Waals surface area contributed by atoms with Gasteiger partial charge < -0.3 is 0 Å². The number of carbonyl (C=O) groups is 1. The first-order valence-corrected chi connectivity index (χ1v) is 7.02. The molecule has 0 radical (unpaired) electrons. The van der Waals surface area contributed by atoms with Crippen molar-refractivity contribution >= 4 is 37.9 Å². The van der Waals surface area contributed by atoms with Gasteiger partial charge in [0, 0.05) is 15.0 Å². The molecule has 0 aliphatic heterocycles. The summed E-state index contributed by atoms with van der Waals surface area (Å²) in [4.78, 5) is 13.1. The van der Waals surface area contributed by atoms with Crippen LogP contribution in [0.5, 0.6) is 0 Å². The molecular formula is C14H10OS2. The highest BCUT2D eigenvalue weighted by atomic mass is 32.1. The standard InChI is InChI=1S/C14H10OS2/c1-9-3-2-4-10(7-9)14(15)13-8-12-11(17-13)5-6-16-12/h2-8H,1H3. The van der Waals surface area contributed by atoms with Gasteiger partial charge in [-0.1, -0.05) is 23.8 Å². The molecule has 1 nitrogen and oxygen atoms in total. The average molecular weight is 258 g/mol. The molecule has 0 saturated carbocycles. The van der Waals surface area contributed by atoms with Crippen molar-refractivity contribution in [1.82, 2.24) is 0 Å². The third-order valence-electron chi connectivity index (χ3n) is 2.64. The molecule has 0 N–H and O–H groups in total. The molecule has 0 unspecified atom stereocenters. The summed E-state index contributed by atoms with van der Waals surface area (Å²) in [6.45, 7) is 2.00. The zero-order chi connectivity index (χ0) is 11.8. The Labute approximate surface area is 107 Å². The van der Waals surface area contributed by atoms with Crippen LogP contribution in [0.4, 0.5) is 0 Å². The first-order chi connectivity index (χ1) is 8.24. The number of fused-ring (bicyclic) bond motifs is 1. The highest BCUT2D eigenvalue weighted by Gasteiger charge is 2.13. The molecule has 3 aromatic rings. The van der Waals surface area contributed by atoms with Gasteiger partial charge in [-0.05, 0) is 30.5 Å². The zero-order valence-electron chi connectivity index (χ0n) is 9.27. The van der Waals surface area contributed by atoms with E-state index in [0.29, 0.717) is 0 Å². The topological polar surface area (TPSA) is 17.1 Å². The lowest BCUT2D eigenvalue weighted by Gasteiger charge is -1.98. The summed E-state index contributed by atoms with van der Waals surface area (Å²) < 4.78 is 2.40. The Morgan fingerprint density at radius 1 is 1.12 bits per heavy atom. The molecule has 3 heteroatoms. The minimum Gasteiger partial charge on any atom is -0.288 e. The van der Waals surface area contributed by atoms with E-state index in [2.05, 4.69) is 11.4 Å². The van der Waals surface area contributed by atoms with E-state index in [1.54, 1.807) is 22.7 Å². The van der Waals surface area contributed by atoms with Crippen LogP contribution in [-0.4, -0.2) is 5.78 Å². The molecule has 1 aromatic carbocycles. The summed E-state index contributed by atoms with van der Waals surface area (Å²) in [5.74, 6) is 0.127. The van der Waals surface area contributed by atoms with E-state index in [4.69, 9.17) is 0 Å². The second-order valence-corrected chi connectivity index (χ2v) is 5.99. The molecule has 17 heavy (non-hydrogen) atoms. The minimum atomic E-state index is 0.127. The van der Waals surface area contributed by atoms with Gasteiger partial charge >= 0.3 is 0 Å². The van der Waals surface area contributed by atoms with Crippen molar-refractivity contribution in [1.29, 1.82) is 0 Å². The molecule has 0 amide bonds. The van der Waals surface area contributed by atoms with Crippen molar-refractivity contribution in [2.45, 2.75) is 6.92 Å². The van der Waals surface area contributed by atoms with Crippen LogP contribution < -0.4 is 0 Å². The average Bonchev–Trinajstić information content (AvgIpc) is 2.88. The number of carbonyl (C=O) groups excluding carboxylic acids is 1. The second kappa shape index (κ2) is 4.09. The van der Waals surface area contributed by atoms with E-state index in [1.165, 1.54) is 9.40 Å². The molecular weight excluding hydrogens is 248 g/mol. The minimum absolute atomic E-state index is 0.127. The van der Waals surface area contributed by atoms with E-state index >= 15 is 0 Å². The highest BCUT2D eigenvalue weighted by Crippen LogP contribution is 2.31. The Balaban J connectivity index is 2.04. The van der Waals surface area contributed by atoms with E-state index in [9.17, 15) is 4.79 Å². The molecule has 0 saturated heterocycles. The van der Waals surface area contributed by atoms with E-state index in [1.807, 2.05) is 37.3 Å². The summed E-state index contributed by atoms with van der Waals surface area (Å²) in [6.07, 6.45) is 0. The molecule has 0 atom stereocenters. The fourth-order valence-corrected chi connectivity index (χ4v) is 3.88. The van der Waals surface area contributed by atoms with Gasteiger partial charge in [0.15, 0.2) is 0 Å². The third kappa shape index (κ3) is 1.92. The summed E-state index contributed by atoms with van der Waals surface area (Å²) in [7, 11) is 0. The van der Waals surface area contributed by atoms with Crippen molar-refractivity contribution < 1.29 is 4.79 Å². The van der Waals surface area contributed by atoms with Crippen LogP contribution in [0.3, 0.4) is 0 Å². The fourth-order valence-electron chi connectivity index (χ4n) is 1.81. The fraction of sp³-hybridized carbons (Fsp3) is 0.0714. The van der Waals surface area contributed by atoms with Gasteiger partial charge in [0.2, 0.25) is 5.78 Å². The summed E-state index contributed by atoms with van der Waals surface area (Å²) >= 11 is 3.26. The predicted octanol–water partition coefficient (Wildman–Crippen LogP) is 4.50. The van der Waals surface area contributed by atoms with E-state index < -0.39 is 0 Å². The number of ketones is 1. The van der Waals surface area contributed by atoms with Crippen LogP contribution in [0, 0.1) is 6.92 Å². The van der Waals surface area contributed by atoms with E-state index in [0.717, 1.165) is 16.0 Å².